The number of amides is 1. The molecule has 1 aliphatic heterocycles. The topological polar surface area (TPSA) is 58.2 Å². The van der Waals surface area contributed by atoms with Crippen LogP contribution in [0.1, 0.15) is 36.0 Å². The van der Waals surface area contributed by atoms with Crippen LogP contribution in [0.15, 0.2) is 24.3 Å². The zero-order valence-electron chi connectivity index (χ0n) is 12.0. The zero-order valence-corrected chi connectivity index (χ0v) is 12.0. The number of Topliss-reactive ketones (excluding diaryl/α,β-unsaturated/α-hetero) is 1. The lowest BCUT2D eigenvalue weighted by atomic mass is 10.0. The van der Waals surface area contributed by atoms with Crippen LogP contribution in [-0.2, 0) is 4.79 Å². The summed E-state index contributed by atoms with van der Waals surface area (Å²) in [6.07, 6.45) is 2.48. The molecule has 0 bridgehead atoms. The van der Waals surface area contributed by atoms with Gasteiger partial charge in [0.05, 0.1) is 0 Å². The molecule has 1 atom stereocenters. The van der Waals surface area contributed by atoms with E-state index in [0.29, 0.717) is 18.0 Å². The van der Waals surface area contributed by atoms with Crippen LogP contribution in [0.4, 0.5) is 4.39 Å². The van der Waals surface area contributed by atoms with E-state index in [2.05, 4.69) is 10.6 Å². The highest BCUT2D eigenvalue weighted by molar-refractivity contribution is 5.97. The number of hydrogen-bond donors (Lipinski definition) is 2. The molecule has 1 fully saturated rings. The first kappa shape index (κ1) is 15.6. The van der Waals surface area contributed by atoms with Crippen LogP contribution in [0.3, 0.4) is 0 Å². The number of carbonyl (C=O) groups excluding carboxylic acids is 2. The van der Waals surface area contributed by atoms with E-state index in [1.165, 1.54) is 30.7 Å². The van der Waals surface area contributed by atoms with Crippen LogP contribution in [0.5, 0.6) is 0 Å². The van der Waals surface area contributed by atoms with Gasteiger partial charge in [-0.25, -0.2) is 4.39 Å². The minimum atomic E-state index is -0.370. The van der Waals surface area contributed by atoms with E-state index < -0.39 is 0 Å². The van der Waals surface area contributed by atoms with Gasteiger partial charge in [0.2, 0.25) is 5.91 Å². The van der Waals surface area contributed by atoms with Gasteiger partial charge in [-0.2, -0.15) is 0 Å². The molecule has 1 aromatic carbocycles. The van der Waals surface area contributed by atoms with Crippen LogP contribution in [-0.4, -0.2) is 31.3 Å². The Kier molecular flexibility index (Phi) is 5.87. The number of ketones is 1. The summed E-state index contributed by atoms with van der Waals surface area (Å²) in [5.41, 5.74) is 0.446. The van der Waals surface area contributed by atoms with Crippen molar-refractivity contribution in [2.24, 2.45) is 5.92 Å². The number of carbonyl (C=O) groups is 2. The molecule has 1 aromatic rings. The lowest BCUT2D eigenvalue weighted by Crippen LogP contribution is -2.26. The van der Waals surface area contributed by atoms with Crippen molar-refractivity contribution in [2.75, 3.05) is 19.6 Å². The van der Waals surface area contributed by atoms with E-state index in [1.807, 2.05) is 0 Å². The van der Waals surface area contributed by atoms with Gasteiger partial charge in [0.25, 0.3) is 0 Å². The maximum absolute atomic E-state index is 12.8. The van der Waals surface area contributed by atoms with Crippen molar-refractivity contribution in [1.82, 2.24) is 10.6 Å². The number of rotatable bonds is 7. The predicted molar refractivity (Wildman–Crippen MR) is 78.6 cm³/mol. The second-order valence-electron chi connectivity index (χ2n) is 5.43. The fourth-order valence-corrected chi connectivity index (χ4v) is 2.47. The van der Waals surface area contributed by atoms with Crippen molar-refractivity contribution in [1.29, 1.82) is 0 Å². The van der Waals surface area contributed by atoms with Crippen LogP contribution < -0.4 is 10.6 Å². The first-order valence-corrected chi connectivity index (χ1v) is 7.41. The Morgan fingerprint density at radius 2 is 2.00 bits per heavy atom. The molecule has 1 saturated heterocycles. The summed E-state index contributed by atoms with van der Waals surface area (Å²) in [7, 11) is 0. The highest BCUT2D eigenvalue weighted by atomic mass is 19.1. The Labute approximate surface area is 124 Å². The summed E-state index contributed by atoms with van der Waals surface area (Å²) in [6, 6.07) is 5.40. The van der Waals surface area contributed by atoms with E-state index in [9.17, 15) is 14.0 Å². The smallest absolute Gasteiger partial charge is 0.220 e. The van der Waals surface area contributed by atoms with E-state index in [4.69, 9.17) is 0 Å². The normalized spacial score (nSPS) is 17.7. The van der Waals surface area contributed by atoms with Crippen molar-refractivity contribution in [3.63, 3.8) is 0 Å². The monoisotopic (exact) mass is 292 g/mol. The summed E-state index contributed by atoms with van der Waals surface area (Å²) < 4.78 is 12.8. The number of nitrogens with one attached hydrogen (secondary N) is 2. The van der Waals surface area contributed by atoms with Crippen molar-refractivity contribution in [3.8, 4) is 0 Å². The highest BCUT2D eigenvalue weighted by Gasteiger charge is 2.14. The molecule has 1 aliphatic rings. The third-order valence-corrected chi connectivity index (χ3v) is 3.78. The third-order valence-electron chi connectivity index (χ3n) is 3.78. The summed E-state index contributed by atoms with van der Waals surface area (Å²) in [6.45, 7) is 2.75. The van der Waals surface area contributed by atoms with Crippen LogP contribution in [0, 0.1) is 11.7 Å². The minimum Gasteiger partial charge on any atom is -0.356 e. The van der Waals surface area contributed by atoms with E-state index >= 15 is 0 Å². The lowest BCUT2D eigenvalue weighted by molar-refractivity contribution is -0.121. The standard InChI is InChI=1S/C16H21FN2O2/c17-14-3-1-13(2-4-14)15(20)5-6-16(21)19-10-8-12-7-9-18-11-12/h1-4,12,18H,5-11H2,(H,19,21). The number of hydrogen-bond acceptors (Lipinski definition) is 3. The summed E-state index contributed by atoms with van der Waals surface area (Å²) >= 11 is 0. The van der Waals surface area contributed by atoms with Gasteiger partial charge in [0.15, 0.2) is 5.78 Å². The summed E-state index contributed by atoms with van der Waals surface area (Å²) in [5.74, 6) is 0.0402. The highest BCUT2D eigenvalue weighted by Crippen LogP contribution is 2.11. The molecule has 1 unspecified atom stereocenters. The average Bonchev–Trinajstić information content (AvgIpc) is 2.99. The molecular formula is C16H21FN2O2. The first-order chi connectivity index (χ1) is 10.1. The largest absolute Gasteiger partial charge is 0.356 e. The molecule has 0 saturated carbocycles. The fraction of sp³-hybridized carbons (Fsp3) is 0.500. The van der Waals surface area contributed by atoms with Crippen molar-refractivity contribution >= 4 is 11.7 Å². The maximum atomic E-state index is 12.8. The quantitative estimate of drug-likeness (QED) is 0.755. The second-order valence-corrected chi connectivity index (χ2v) is 5.43. The van der Waals surface area contributed by atoms with Gasteiger partial charge < -0.3 is 10.6 Å². The molecule has 4 nitrogen and oxygen atoms in total. The first-order valence-electron chi connectivity index (χ1n) is 7.41. The third kappa shape index (κ3) is 5.27. The molecule has 1 heterocycles. The molecule has 0 radical (unpaired) electrons. The van der Waals surface area contributed by atoms with Gasteiger partial charge >= 0.3 is 0 Å². The van der Waals surface area contributed by atoms with Crippen LogP contribution in [0.2, 0.25) is 0 Å². The molecule has 5 heteroatoms. The van der Waals surface area contributed by atoms with Crippen molar-refractivity contribution in [3.05, 3.63) is 35.6 Å². The minimum absolute atomic E-state index is 0.101. The molecule has 0 spiro atoms. The van der Waals surface area contributed by atoms with Crippen molar-refractivity contribution in [2.45, 2.75) is 25.7 Å². The SMILES string of the molecule is O=C(CCC(=O)c1ccc(F)cc1)NCCC1CCNC1. The molecule has 1 amide bonds. The Morgan fingerprint density at radius 1 is 1.24 bits per heavy atom. The maximum Gasteiger partial charge on any atom is 0.220 e. The Bertz CT molecular complexity index is 482. The molecule has 21 heavy (non-hydrogen) atoms. The predicted octanol–water partition coefficient (Wildman–Crippen LogP) is 1.90. The van der Waals surface area contributed by atoms with E-state index in [-0.39, 0.29) is 30.3 Å². The molecule has 0 aromatic heterocycles. The van der Waals surface area contributed by atoms with Gasteiger partial charge in [-0.3, -0.25) is 9.59 Å². The summed E-state index contributed by atoms with van der Waals surface area (Å²) in [4.78, 5) is 23.5. The van der Waals surface area contributed by atoms with E-state index in [1.54, 1.807) is 0 Å². The van der Waals surface area contributed by atoms with Crippen LogP contribution >= 0.6 is 0 Å². The Morgan fingerprint density at radius 3 is 2.67 bits per heavy atom. The van der Waals surface area contributed by atoms with Gasteiger partial charge in [-0.15, -0.1) is 0 Å². The molecular weight excluding hydrogens is 271 g/mol. The number of benzene rings is 1. The van der Waals surface area contributed by atoms with Gasteiger partial charge in [-0.1, -0.05) is 0 Å². The van der Waals surface area contributed by atoms with Crippen molar-refractivity contribution < 1.29 is 14.0 Å². The Balaban J connectivity index is 1.63. The number of halogens is 1. The van der Waals surface area contributed by atoms with Gasteiger partial charge in [0, 0.05) is 24.9 Å². The molecule has 114 valence electrons. The van der Waals surface area contributed by atoms with Gasteiger partial charge in [0.1, 0.15) is 5.82 Å². The zero-order chi connectivity index (χ0) is 15.1. The van der Waals surface area contributed by atoms with E-state index in [0.717, 1.165) is 19.5 Å². The summed E-state index contributed by atoms with van der Waals surface area (Å²) in [5, 5.41) is 6.14. The molecule has 2 N–H and O–H groups in total. The average molecular weight is 292 g/mol. The van der Waals surface area contributed by atoms with Crippen LogP contribution in [0.25, 0.3) is 0 Å². The molecule has 2 rings (SSSR count). The lowest BCUT2D eigenvalue weighted by Gasteiger charge is -2.09. The van der Waals surface area contributed by atoms with Gasteiger partial charge in [-0.05, 0) is 56.1 Å². The second kappa shape index (κ2) is 7.88. The Hall–Kier alpha value is -1.75. The fourth-order valence-electron chi connectivity index (χ4n) is 2.47. The molecule has 0 aliphatic carbocycles.